The molecule has 0 aliphatic heterocycles. The van der Waals surface area contributed by atoms with Gasteiger partial charge in [-0.1, -0.05) is 23.7 Å². The van der Waals surface area contributed by atoms with Crippen molar-refractivity contribution in [1.82, 2.24) is 14.8 Å². The summed E-state index contributed by atoms with van der Waals surface area (Å²) in [5, 5.41) is 6.49. The summed E-state index contributed by atoms with van der Waals surface area (Å²) in [6.07, 6.45) is 0. The molecule has 0 radical (unpaired) electrons. The molecule has 0 saturated carbocycles. The highest BCUT2D eigenvalue weighted by molar-refractivity contribution is 7.13. The molecule has 0 bridgehead atoms. The molecule has 3 aromatic rings. The van der Waals surface area contributed by atoms with Gasteiger partial charge in [-0.3, -0.25) is 4.79 Å². The van der Waals surface area contributed by atoms with Crippen molar-refractivity contribution in [2.24, 2.45) is 0 Å². The van der Waals surface area contributed by atoms with Crippen LogP contribution in [0.4, 0.5) is 0 Å². The van der Waals surface area contributed by atoms with Gasteiger partial charge in [-0.05, 0) is 29.6 Å². The molecule has 0 atom stereocenters. The zero-order chi connectivity index (χ0) is 14.8. The Kier molecular flexibility index (Phi) is 3.72. The first-order chi connectivity index (χ1) is 10.2. The summed E-state index contributed by atoms with van der Waals surface area (Å²) in [4.78, 5) is 17.7. The van der Waals surface area contributed by atoms with Crippen LogP contribution in [-0.2, 0) is 0 Å². The third kappa shape index (κ3) is 2.68. The summed E-state index contributed by atoms with van der Waals surface area (Å²) in [5.41, 5.74) is 0.438. The maximum absolute atomic E-state index is 12.6. The number of hydrogen-bond donors (Lipinski definition) is 0. The highest BCUT2D eigenvalue weighted by Crippen LogP contribution is 2.25. The van der Waals surface area contributed by atoms with Gasteiger partial charge in [-0.25, -0.2) is 0 Å². The quantitative estimate of drug-likeness (QED) is 0.743. The number of rotatable bonds is 3. The van der Waals surface area contributed by atoms with Crippen LogP contribution in [0.2, 0.25) is 5.02 Å². The highest BCUT2D eigenvalue weighted by atomic mass is 35.5. The Morgan fingerprint density at radius 3 is 2.86 bits per heavy atom. The van der Waals surface area contributed by atoms with Crippen molar-refractivity contribution in [2.75, 3.05) is 7.11 Å². The van der Waals surface area contributed by atoms with E-state index in [4.69, 9.17) is 16.3 Å². The van der Waals surface area contributed by atoms with Gasteiger partial charge in [-0.15, -0.1) is 16.4 Å². The molecule has 0 aliphatic carbocycles. The number of benzene rings is 1. The fraction of sp³-hybridized carbons (Fsp3) is 0.0714. The fourth-order valence-electron chi connectivity index (χ4n) is 1.83. The minimum absolute atomic E-state index is 0.147. The molecule has 106 valence electrons. The van der Waals surface area contributed by atoms with E-state index in [1.165, 1.54) is 23.1 Å². The molecule has 0 amide bonds. The Labute approximate surface area is 129 Å². The van der Waals surface area contributed by atoms with Crippen molar-refractivity contribution in [1.29, 1.82) is 0 Å². The van der Waals surface area contributed by atoms with E-state index in [9.17, 15) is 4.79 Å². The number of hydrogen-bond acceptors (Lipinski definition) is 5. The molecule has 2 heterocycles. The maximum Gasteiger partial charge on any atom is 0.336 e. The van der Waals surface area contributed by atoms with E-state index in [1.807, 2.05) is 17.5 Å². The predicted octanol–water partition coefficient (Wildman–Crippen LogP) is 3.36. The van der Waals surface area contributed by atoms with Gasteiger partial charge in [-0.2, -0.15) is 9.67 Å². The zero-order valence-electron chi connectivity index (χ0n) is 11.0. The molecule has 0 unspecified atom stereocenters. The van der Waals surface area contributed by atoms with E-state index in [0.29, 0.717) is 16.4 Å². The monoisotopic (exact) mass is 319 g/mol. The molecule has 0 saturated heterocycles. The van der Waals surface area contributed by atoms with Crippen LogP contribution >= 0.6 is 22.9 Å². The number of halogens is 1. The van der Waals surface area contributed by atoms with Crippen LogP contribution in [0.25, 0.3) is 10.7 Å². The number of aromatic nitrogens is 3. The van der Waals surface area contributed by atoms with Gasteiger partial charge in [0, 0.05) is 10.6 Å². The maximum atomic E-state index is 12.6. The van der Waals surface area contributed by atoms with Crippen molar-refractivity contribution in [3.63, 3.8) is 0 Å². The molecule has 0 fully saturated rings. The number of methoxy groups -OCH3 is 1. The number of ether oxygens (including phenoxy) is 1. The first kappa shape index (κ1) is 13.8. The number of carbonyl (C=O) groups excluding carboxylic acids is 1. The number of thiophene rings is 1. The van der Waals surface area contributed by atoms with E-state index >= 15 is 0 Å². The largest absolute Gasteiger partial charge is 0.466 e. The van der Waals surface area contributed by atoms with Gasteiger partial charge >= 0.3 is 6.01 Å². The molecular weight excluding hydrogens is 310 g/mol. The van der Waals surface area contributed by atoms with Gasteiger partial charge in [0.1, 0.15) is 0 Å². The van der Waals surface area contributed by atoms with E-state index in [-0.39, 0.29) is 11.9 Å². The Morgan fingerprint density at radius 2 is 2.19 bits per heavy atom. The van der Waals surface area contributed by atoms with E-state index < -0.39 is 0 Å². The SMILES string of the molecule is COc1nc(-c2cccs2)n(C(=O)c2cccc(Cl)c2)n1. The van der Waals surface area contributed by atoms with E-state index in [0.717, 1.165) is 4.88 Å². The smallest absolute Gasteiger partial charge is 0.336 e. The van der Waals surface area contributed by atoms with Crippen molar-refractivity contribution >= 4 is 28.8 Å². The number of carbonyl (C=O) groups is 1. The molecule has 2 aromatic heterocycles. The second kappa shape index (κ2) is 5.67. The van der Waals surface area contributed by atoms with Crippen LogP contribution in [-0.4, -0.2) is 27.8 Å². The average Bonchev–Trinajstić information content (AvgIpc) is 3.15. The van der Waals surface area contributed by atoms with Gasteiger partial charge in [0.15, 0.2) is 5.82 Å². The molecule has 0 spiro atoms. The Morgan fingerprint density at radius 1 is 1.33 bits per heavy atom. The van der Waals surface area contributed by atoms with Gasteiger partial charge in [0.2, 0.25) is 0 Å². The molecule has 5 nitrogen and oxygen atoms in total. The van der Waals surface area contributed by atoms with Crippen LogP contribution < -0.4 is 4.74 Å². The lowest BCUT2D eigenvalue weighted by Crippen LogP contribution is -2.15. The normalized spacial score (nSPS) is 10.6. The summed E-state index contributed by atoms with van der Waals surface area (Å²) < 4.78 is 6.26. The Balaban J connectivity index is 2.09. The summed E-state index contributed by atoms with van der Waals surface area (Å²) in [6.45, 7) is 0. The minimum Gasteiger partial charge on any atom is -0.466 e. The second-order valence-corrected chi connectivity index (χ2v) is 5.51. The zero-order valence-corrected chi connectivity index (χ0v) is 12.6. The lowest BCUT2D eigenvalue weighted by molar-refractivity contribution is 0.0945. The Bertz CT molecular complexity index is 783. The summed E-state index contributed by atoms with van der Waals surface area (Å²) in [6, 6.07) is 10.6. The first-order valence-electron chi connectivity index (χ1n) is 6.04. The van der Waals surface area contributed by atoms with Gasteiger partial charge in [0.25, 0.3) is 5.91 Å². The lowest BCUT2D eigenvalue weighted by Gasteiger charge is -2.03. The average molecular weight is 320 g/mol. The van der Waals surface area contributed by atoms with Gasteiger partial charge < -0.3 is 4.74 Å². The topological polar surface area (TPSA) is 57.0 Å². The van der Waals surface area contributed by atoms with Crippen molar-refractivity contribution in [3.05, 3.63) is 52.4 Å². The van der Waals surface area contributed by atoms with Crippen molar-refractivity contribution in [3.8, 4) is 16.7 Å². The molecular formula is C14H10ClN3O2S. The molecule has 7 heteroatoms. The van der Waals surface area contributed by atoms with Crippen molar-refractivity contribution in [2.45, 2.75) is 0 Å². The standard InChI is InChI=1S/C14H10ClN3O2S/c1-20-14-16-12(11-6-3-7-21-11)18(17-14)13(19)9-4-2-5-10(15)8-9/h2-8H,1H3. The predicted molar refractivity (Wildman–Crippen MR) is 81.1 cm³/mol. The third-order valence-electron chi connectivity index (χ3n) is 2.78. The molecule has 0 N–H and O–H groups in total. The molecule has 0 aliphatic rings. The first-order valence-corrected chi connectivity index (χ1v) is 7.30. The summed E-state index contributed by atoms with van der Waals surface area (Å²) in [5.74, 6) is 0.142. The number of nitrogens with zero attached hydrogens (tertiary/aromatic N) is 3. The third-order valence-corrected chi connectivity index (χ3v) is 3.88. The molecule has 1 aromatic carbocycles. The van der Waals surface area contributed by atoms with Gasteiger partial charge in [0.05, 0.1) is 12.0 Å². The summed E-state index contributed by atoms with van der Waals surface area (Å²) in [7, 11) is 1.46. The minimum atomic E-state index is -0.309. The van der Waals surface area contributed by atoms with Crippen molar-refractivity contribution < 1.29 is 9.53 Å². The second-order valence-electron chi connectivity index (χ2n) is 4.13. The van der Waals surface area contributed by atoms with E-state index in [1.54, 1.807) is 24.3 Å². The highest BCUT2D eigenvalue weighted by Gasteiger charge is 2.20. The molecule has 3 rings (SSSR count). The Hall–Kier alpha value is -2.18. The summed E-state index contributed by atoms with van der Waals surface area (Å²) >= 11 is 7.40. The van der Waals surface area contributed by atoms with Crippen LogP contribution in [0.1, 0.15) is 10.4 Å². The van der Waals surface area contributed by atoms with Crippen LogP contribution in [0.3, 0.4) is 0 Å². The molecule has 21 heavy (non-hydrogen) atoms. The van der Waals surface area contributed by atoms with E-state index in [2.05, 4.69) is 10.1 Å². The fourth-order valence-corrected chi connectivity index (χ4v) is 2.72. The van der Waals surface area contributed by atoms with Crippen LogP contribution in [0.5, 0.6) is 6.01 Å². The van der Waals surface area contributed by atoms with Crippen LogP contribution in [0, 0.1) is 0 Å². The van der Waals surface area contributed by atoms with Crippen LogP contribution in [0.15, 0.2) is 41.8 Å². The lowest BCUT2D eigenvalue weighted by atomic mass is 10.2.